The molecule has 0 unspecified atom stereocenters. The molecule has 2 aromatic rings. The molecule has 0 aromatic heterocycles. The maximum atomic E-state index is 12.0. The fourth-order valence-electron chi connectivity index (χ4n) is 2.07. The molecule has 134 valence electrons. The number of nitro groups is 1. The van der Waals surface area contributed by atoms with E-state index in [1.165, 1.54) is 30.4 Å². The van der Waals surface area contributed by atoms with Crippen LogP contribution in [0.4, 0.5) is 11.4 Å². The smallest absolute Gasteiger partial charge is 0.338 e. The van der Waals surface area contributed by atoms with Gasteiger partial charge in [-0.05, 0) is 42.8 Å². The lowest BCUT2D eigenvalue weighted by Crippen LogP contribution is -2.09. The second kappa shape index (κ2) is 8.77. The minimum Gasteiger partial charge on any atom is -0.462 e. The molecule has 0 aliphatic rings. The van der Waals surface area contributed by atoms with Gasteiger partial charge in [-0.3, -0.25) is 14.9 Å². The van der Waals surface area contributed by atoms with Crippen LogP contribution >= 0.6 is 11.6 Å². The Morgan fingerprint density at radius 2 is 2.04 bits per heavy atom. The van der Waals surface area contributed by atoms with Crippen LogP contribution in [0.1, 0.15) is 22.8 Å². The monoisotopic (exact) mass is 374 g/mol. The molecule has 0 aliphatic heterocycles. The van der Waals surface area contributed by atoms with Gasteiger partial charge in [0.25, 0.3) is 5.69 Å². The lowest BCUT2D eigenvalue weighted by Gasteiger charge is -2.05. The van der Waals surface area contributed by atoms with Gasteiger partial charge in [0, 0.05) is 17.8 Å². The van der Waals surface area contributed by atoms with Gasteiger partial charge in [-0.15, -0.1) is 0 Å². The largest absolute Gasteiger partial charge is 0.462 e. The first kappa shape index (κ1) is 19.1. The highest BCUT2D eigenvalue weighted by atomic mass is 35.5. The van der Waals surface area contributed by atoms with Crippen LogP contribution < -0.4 is 5.32 Å². The van der Waals surface area contributed by atoms with E-state index in [1.807, 2.05) is 0 Å². The minimum atomic E-state index is -0.597. The Morgan fingerprint density at radius 3 is 2.73 bits per heavy atom. The van der Waals surface area contributed by atoms with Gasteiger partial charge in [0.05, 0.1) is 17.1 Å². The van der Waals surface area contributed by atoms with E-state index < -0.39 is 16.8 Å². The Morgan fingerprint density at radius 1 is 1.27 bits per heavy atom. The van der Waals surface area contributed by atoms with Crippen LogP contribution in [-0.2, 0) is 9.53 Å². The van der Waals surface area contributed by atoms with E-state index in [4.69, 9.17) is 16.3 Å². The summed E-state index contributed by atoms with van der Waals surface area (Å²) in [6.45, 7) is 1.96. The lowest BCUT2D eigenvalue weighted by atomic mass is 10.2. The number of halogens is 1. The van der Waals surface area contributed by atoms with Gasteiger partial charge in [-0.2, -0.15) is 0 Å². The topological polar surface area (TPSA) is 98.5 Å². The minimum absolute atomic E-state index is 0.0207. The van der Waals surface area contributed by atoms with Crippen molar-refractivity contribution in [2.45, 2.75) is 6.92 Å². The van der Waals surface area contributed by atoms with Crippen LogP contribution in [0.3, 0.4) is 0 Å². The van der Waals surface area contributed by atoms with Crippen LogP contribution in [0.15, 0.2) is 48.5 Å². The molecular formula is C18H15ClN2O5. The molecule has 8 heteroatoms. The molecule has 2 rings (SSSR count). The van der Waals surface area contributed by atoms with Crippen LogP contribution in [0.5, 0.6) is 0 Å². The molecule has 0 bridgehead atoms. The quantitative estimate of drug-likeness (QED) is 0.355. The van der Waals surface area contributed by atoms with Gasteiger partial charge in [0.1, 0.15) is 5.02 Å². The van der Waals surface area contributed by atoms with Gasteiger partial charge in [-0.1, -0.05) is 23.7 Å². The first-order chi connectivity index (χ1) is 12.4. The number of nitro benzene ring substituents is 1. The molecule has 7 nitrogen and oxygen atoms in total. The zero-order valence-corrected chi connectivity index (χ0v) is 14.5. The fourth-order valence-corrected chi connectivity index (χ4v) is 2.25. The molecule has 1 N–H and O–H groups in total. The zero-order valence-electron chi connectivity index (χ0n) is 13.8. The van der Waals surface area contributed by atoms with E-state index in [2.05, 4.69) is 5.32 Å². The highest BCUT2D eigenvalue weighted by Gasteiger charge is 2.12. The van der Waals surface area contributed by atoms with Gasteiger partial charge < -0.3 is 10.1 Å². The summed E-state index contributed by atoms with van der Waals surface area (Å²) < 4.78 is 4.90. The molecule has 0 saturated heterocycles. The standard InChI is InChI=1S/C18H15ClN2O5/c1-2-26-18(23)13-4-3-5-14(11-13)20-17(22)9-7-12-6-8-15(19)16(10-12)21(24)25/h3-11H,2H2,1H3,(H,20,22)/b9-7+. The van der Waals surface area contributed by atoms with E-state index in [1.54, 1.807) is 31.2 Å². The van der Waals surface area contributed by atoms with Crippen LogP contribution in [0, 0.1) is 10.1 Å². The molecule has 0 aliphatic carbocycles. The van der Waals surface area contributed by atoms with Crippen molar-refractivity contribution in [1.29, 1.82) is 0 Å². The average molecular weight is 375 g/mol. The Bertz CT molecular complexity index is 880. The second-order valence-corrected chi connectivity index (χ2v) is 5.50. The molecule has 1 amide bonds. The number of esters is 1. The highest BCUT2D eigenvalue weighted by molar-refractivity contribution is 6.32. The number of rotatable bonds is 6. The van der Waals surface area contributed by atoms with Crippen molar-refractivity contribution in [2.75, 3.05) is 11.9 Å². The molecule has 26 heavy (non-hydrogen) atoms. The number of carbonyl (C=O) groups excluding carboxylic acids is 2. The normalized spacial score (nSPS) is 10.5. The summed E-state index contributed by atoms with van der Waals surface area (Å²) in [5, 5.41) is 13.5. The van der Waals surface area contributed by atoms with Crippen molar-refractivity contribution in [1.82, 2.24) is 0 Å². The lowest BCUT2D eigenvalue weighted by molar-refractivity contribution is -0.384. The summed E-state index contributed by atoms with van der Waals surface area (Å²) in [6, 6.07) is 10.5. The van der Waals surface area contributed by atoms with Crippen molar-refractivity contribution in [2.24, 2.45) is 0 Å². The zero-order chi connectivity index (χ0) is 19.1. The molecule has 0 saturated carbocycles. The maximum Gasteiger partial charge on any atom is 0.338 e. The second-order valence-electron chi connectivity index (χ2n) is 5.09. The number of anilines is 1. The molecule has 0 heterocycles. The van der Waals surface area contributed by atoms with Gasteiger partial charge in [0.15, 0.2) is 0 Å². The van der Waals surface area contributed by atoms with Crippen molar-refractivity contribution in [3.63, 3.8) is 0 Å². The predicted octanol–water partition coefficient (Wildman–Crippen LogP) is 4.08. The van der Waals surface area contributed by atoms with Crippen LogP contribution in [-0.4, -0.2) is 23.4 Å². The molecule has 0 fully saturated rings. The van der Waals surface area contributed by atoms with E-state index in [0.29, 0.717) is 16.8 Å². The molecule has 2 aromatic carbocycles. The van der Waals surface area contributed by atoms with E-state index >= 15 is 0 Å². The van der Waals surface area contributed by atoms with Gasteiger partial charge in [-0.25, -0.2) is 4.79 Å². The summed E-state index contributed by atoms with van der Waals surface area (Å²) in [5.74, 6) is -0.934. The number of ether oxygens (including phenoxy) is 1. The summed E-state index contributed by atoms with van der Waals surface area (Å²) >= 11 is 5.74. The Hall–Kier alpha value is -3.19. The Balaban J connectivity index is 2.08. The van der Waals surface area contributed by atoms with Gasteiger partial charge in [0.2, 0.25) is 5.91 Å². The SMILES string of the molecule is CCOC(=O)c1cccc(NC(=O)/C=C/c2ccc(Cl)c([N+](=O)[O-])c2)c1. The van der Waals surface area contributed by atoms with Crippen molar-refractivity contribution >= 4 is 40.9 Å². The Kier molecular flexibility index (Phi) is 6.46. The number of nitrogens with one attached hydrogen (secondary N) is 1. The number of carbonyl (C=O) groups is 2. The highest BCUT2D eigenvalue weighted by Crippen LogP contribution is 2.25. The number of nitrogens with zero attached hydrogens (tertiary/aromatic N) is 1. The van der Waals surface area contributed by atoms with E-state index in [9.17, 15) is 19.7 Å². The molecule has 0 spiro atoms. The number of benzene rings is 2. The predicted molar refractivity (Wildman–Crippen MR) is 98.2 cm³/mol. The summed E-state index contributed by atoms with van der Waals surface area (Å²) in [7, 11) is 0. The third-order valence-electron chi connectivity index (χ3n) is 3.24. The van der Waals surface area contributed by atoms with E-state index in [0.717, 1.165) is 0 Å². The third kappa shape index (κ3) is 5.15. The number of hydrogen-bond acceptors (Lipinski definition) is 5. The summed E-state index contributed by atoms with van der Waals surface area (Å²) in [5.41, 5.74) is 0.960. The van der Waals surface area contributed by atoms with Crippen molar-refractivity contribution < 1.29 is 19.2 Å². The summed E-state index contributed by atoms with van der Waals surface area (Å²) in [6.07, 6.45) is 2.65. The molecule has 0 radical (unpaired) electrons. The number of hydrogen-bond donors (Lipinski definition) is 1. The fraction of sp³-hybridized carbons (Fsp3) is 0.111. The van der Waals surface area contributed by atoms with Crippen molar-refractivity contribution in [3.8, 4) is 0 Å². The maximum absolute atomic E-state index is 12.0. The van der Waals surface area contributed by atoms with Crippen molar-refractivity contribution in [3.05, 3.63) is 74.8 Å². The number of amides is 1. The molecule has 0 atom stereocenters. The molecular weight excluding hydrogens is 360 g/mol. The first-order valence-electron chi connectivity index (χ1n) is 7.61. The first-order valence-corrected chi connectivity index (χ1v) is 7.98. The summed E-state index contributed by atoms with van der Waals surface area (Å²) in [4.78, 5) is 34.0. The van der Waals surface area contributed by atoms with Crippen LogP contribution in [0.2, 0.25) is 5.02 Å². The van der Waals surface area contributed by atoms with Gasteiger partial charge >= 0.3 is 5.97 Å². The average Bonchev–Trinajstić information content (AvgIpc) is 2.61. The van der Waals surface area contributed by atoms with Crippen LogP contribution in [0.25, 0.3) is 6.08 Å². The van der Waals surface area contributed by atoms with E-state index in [-0.39, 0.29) is 17.3 Å². The Labute approximate surface area is 154 Å². The third-order valence-corrected chi connectivity index (χ3v) is 3.55.